The molecular weight excluding hydrogens is 320 g/mol. The molecule has 0 unspecified atom stereocenters. The number of hydrogen-bond donors (Lipinski definition) is 2. The molecule has 1 fully saturated rings. The van der Waals surface area contributed by atoms with Crippen molar-refractivity contribution in [3.63, 3.8) is 0 Å². The number of aliphatic carboxylic acids is 1. The molecule has 0 bridgehead atoms. The summed E-state index contributed by atoms with van der Waals surface area (Å²) in [6.07, 6.45) is 0.329. The second-order valence-electron chi connectivity index (χ2n) is 4.20. The van der Waals surface area contributed by atoms with Crippen LogP contribution in [0.4, 0.5) is 11.4 Å². The Morgan fingerprint density at radius 2 is 2.11 bits per heavy atom. The summed E-state index contributed by atoms with van der Waals surface area (Å²) in [5, 5.41) is 21.9. The van der Waals surface area contributed by atoms with Gasteiger partial charge in [-0.25, -0.2) is 0 Å². The molecule has 1 aromatic rings. The van der Waals surface area contributed by atoms with Gasteiger partial charge in [0.05, 0.1) is 21.2 Å². The van der Waals surface area contributed by atoms with Crippen molar-refractivity contribution < 1.29 is 19.6 Å². The van der Waals surface area contributed by atoms with Crippen molar-refractivity contribution in [2.45, 2.75) is 6.42 Å². The van der Waals surface area contributed by atoms with Gasteiger partial charge in [-0.2, -0.15) is 0 Å². The van der Waals surface area contributed by atoms with Gasteiger partial charge < -0.3 is 10.4 Å². The first-order valence-electron chi connectivity index (χ1n) is 5.37. The van der Waals surface area contributed by atoms with Gasteiger partial charge in [0, 0.05) is 11.8 Å². The molecule has 2 N–H and O–H groups in total. The molecule has 1 aliphatic carbocycles. The molecule has 1 aliphatic rings. The molecule has 0 radical (unpaired) electrons. The van der Waals surface area contributed by atoms with Crippen molar-refractivity contribution in [2.24, 2.45) is 11.8 Å². The lowest BCUT2D eigenvalue weighted by molar-refractivity contribution is -0.385. The zero-order valence-electron chi connectivity index (χ0n) is 9.50. The molecule has 8 heteroatoms. The number of nitrogens with one attached hydrogen (secondary N) is 1. The number of nitro groups is 1. The van der Waals surface area contributed by atoms with Crippen LogP contribution in [-0.4, -0.2) is 21.9 Å². The summed E-state index contributed by atoms with van der Waals surface area (Å²) in [6, 6.07) is 4.08. The van der Waals surface area contributed by atoms with Crippen LogP contribution in [0.25, 0.3) is 0 Å². The fourth-order valence-electron chi connectivity index (χ4n) is 1.73. The smallest absolute Gasteiger partial charge is 0.307 e. The molecule has 0 spiro atoms. The monoisotopic (exact) mass is 328 g/mol. The number of anilines is 1. The van der Waals surface area contributed by atoms with Crippen LogP contribution in [0.2, 0.25) is 0 Å². The van der Waals surface area contributed by atoms with Crippen molar-refractivity contribution in [1.82, 2.24) is 0 Å². The Bertz CT molecular complexity index is 574. The summed E-state index contributed by atoms with van der Waals surface area (Å²) in [6.45, 7) is 0. The summed E-state index contributed by atoms with van der Waals surface area (Å²) < 4.78 is 0.251. The van der Waals surface area contributed by atoms with Crippen LogP contribution in [0, 0.1) is 22.0 Å². The van der Waals surface area contributed by atoms with Crippen LogP contribution in [0.15, 0.2) is 22.7 Å². The normalized spacial score (nSPS) is 20.7. The van der Waals surface area contributed by atoms with E-state index in [4.69, 9.17) is 5.11 Å². The number of rotatable bonds is 4. The van der Waals surface area contributed by atoms with E-state index < -0.39 is 22.7 Å². The average molecular weight is 329 g/mol. The summed E-state index contributed by atoms with van der Waals surface area (Å²) in [4.78, 5) is 32.4. The minimum atomic E-state index is -0.981. The fraction of sp³-hybridized carbons (Fsp3) is 0.273. The fourth-order valence-corrected chi connectivity index (χ4v) is 2.25. The molecule has 1 amide bonds. The summed E-state index contributed by atoms with van der Waals surface area (Å²) in [5.41, 5.74) is 0.284. The number of carboxylic acid groups (broad SMARTS) is 1. The number of carbonyl (C=O) groups is 2. The molecule has 2 atom stereocenters. The molecule has 1 aromatic carbocycles. The van der Waals surface area contributed by atoms with E-state index in [9.17, 15) is 19.7 Å². The van der Waals surface area contributed by atoms with Gasteiger partial charge in [-0.3, -0.25) is 19.7 Å². The van der Waals surface area contributed by atoms with E-state index in [-0.39, 0.29) is 16.1 Å². The summed E-state index contributed by atoms with van der Waals surface area (Å²) in [5.74, 6) is -2.51. The Labute approximate surface area is 115 Å². The second kappa shape index (κ2) is 4.96. The molecule has 0 saturated heterocycles. The standard InChI is InChI=1S/C11H9BrN2O5/c12-8-3-5(1-2-9(8)14(18)19)13-10(15)6-4-7(6)11(16)17/h1-3,6-7H,4H2,(H,13,15)(H,16,17)/t6-,7+/m1/s1. The first-order valence-corrected chi connectivity index (χ1v) is 6.17. The van der Waals surface area contributed by atoms with Gasteiger partial charge in [-0.05, 0) is 34.5 Å². The first-order chi connectivity index (χ1) is 8.90. The third-order valence-electron chi connectivity index (χ3n) is 2.86. The zero-order valence-corrected chi connectivity index (χ0v) is 11.1. The number of nitrogens with zero attached hydrogens (tertiary/aromatic N) is 1. The summed E-state index contributed by atoms with van der Waals surface area (Å²) in [7, 11) is 0. The SMILES string of the molecule is O=C(O)[C@H]1C[C@H]1C(=O)Nc1ccc([N+](=O)[O-])c(Br)c1. The van der Waals surface area contributed by atoms with Crippen LogP contribution < -0.4 is 5.32 Å². The Balaban J connectivity index is 2.04. The predicted molar refractivity (Wildman–Crippen MR) is 68.7 cm³/mol. The van der Waals surface area contributed by atoms with E-state index in [2.05, 4.69) is 21.2 Å². The van der Waals surface area contributed by atoms with E-state index in [1.54, 1.807) is 0 Å². The number of amides is 1. The average Bonchev–Trinajstić information content (AvgIpc) is 3.08. The minimum Gasteiger partial charge on any atom is -0.481 e. The predicted octanol–water partition coefficient (Wildman–Crippen LogP) is 2.02. The lowest BCUT2D eigenvalue weighted by Gasteiger charge is -2.05. The molecular formula is C11H9BrN2O5. The third-order valence-corrected chi connectivity index (χ3v) is 3.49. The number of nitro benzene ring substituents is 1. The van der Waals surface area contributed by atoms with Crippen molar-refractivity contribution >= 4 is 39.2 Å². The van der Waals surface area contributed by atoms with Crippen molar-refractivity contribution in [1.29, 1.82) is 0 Å². The van der Waals surface area contributed by atoms with E-state index >= 15 is 0 Å². The molecule has 2 rings (SSSR count). The lowest BCUT2D eigenvalue weighted by Crippen LogP contribution is -2.16. The number of carbonyl (C=O) groups excluding carboxylic acids is 1. The molecule has 7 nitrogen and oxygen atoms in total. The maximum Gasteiger partial charge on any atom is 0.307 e. The quantitative estimate of drug-likeness (QED) is 0.649. The van der Waals surface area contributed by atoms with Crippen LogP contribution in [-0.2, 0) is 9.59 Å². The maximum atomic E-state index is 11.7. The maximum absolute atomic E-state index is 11.7. The molecule has 1 saturated carbocycles. The highest BCUT2D eigenvalue weighted by atomic mass is 79.9. The summed E-state index contributed by atoms with van der Waals surface area (Å²) >= 11 is 3.04. The molecule has 0 heterocycles. The van der Waals surface area contributed by atoms with Crippen LogP contribution in [0.5, 0.6) is 0 Å². The van der Waals surface area contributed by atoms with Gasteiger partial charge in [-0.15, -0.1) is 0 Å². The highest BCUT2D eigenvalue weighted by molar-refractivity contribution is 9.10. The number of carboxylic acids is 1. The van der Waals surface area contributed by atoms with Gasteiger partial charge in [0.15, 0.2) is 0 Å². The largest absolute Gasteiger partial charge is 0.481 e. The number of hydrogen-bond acceptors (Lipinski definition) is 4. The number of halogens is 1. The van der Waals surface area contributed by atoms with Crippen LogP contribution in [0.3, 0.4) is 0 Å². The first kappa shape index (κ1) is 13.5. The second-order valence-corrected chi connectivity index (χ2v) is 5.05. The van der Waals surface area contributed by atoms with Gasteiger partial charge in [-0.1, -0.05) is 0 Å². The Morgan fingerprint density at radius 1 is 1.42 bits per heavy atom. The van der Waals surface area contributed by atoms with Crippen molar-refractivity contribution in [2.75, 3.05) is 5.32 Å². The van der Waals surface area contributed by atoms with Crippen molar-refractivity contribution in [3.8, 4) is 0 Å². The molecule has 0 aromatic heterocycles. The highest BCUT2D eigenvalue weighted by Gasteiger charge is 2.48. The van der Waals surface area contributed by atoms with Gasteiger partial charge >= 0.3 is 5.97 Å². The van der Waals surface area contributed by atoms with Gasteiger partial charge in [0.1, 0.15) is 0 Å². The lowest BCUT2D eigenvalue weighted by atomic mass is 10.2. The highest BCUT2D eigenvalue weighted by Crippen LogP contribution is 2.39. The van der Waals surface area contributed by atoms with Crippen LogP contribution >= 0.6 is 15.9 Å². The van der Waals surface area contributed by atoms with Crippen molar-refractivity contribution in [3.05, 3.63) is 32.8 Å². The Morgan fingerprint density at radius 3 is 2.58 bits per heavy atom. The topological polar surface area (TPSA) is 110 Å². The Kier molecular flexibility index (Phi) is 3.52. The van der Waals surface area contributed by atoms with E-state index in [0.29, 0.717) is 12.1 Å². The molecule has 19 heavy (non-hydrogen) atoms. The van der Waals surface area contributed by atoms with E-state index in [1.165, 1.54) is 18.2 Å². The van der Waals surface area contributed by atoms with E-state index in [1.807, 2.05) is 0 Å². The molecule has 0 aliphatic heterocycles. The zero-order chi connectivity index (χ0) is 14.2. The third kappa shape index (κ3) is 2.90. The van der Waals surface area contributed by atoms with Gasteiger partial charge in [0.25, 0.3) is 5.69 Å². The Hall–Kier alpha value is -1.96. The van der Waals surface area contributed by atoms with Crippen LogP contribution in [0.1, 0.15) is 6.42 Å². The van der Waals surface area contributed by atoms with Gasteiger partial charge in [0.2, 0.25) is 5.91 Å². The number of benzene rings is 1. The minimum absolute atomic E-state index is 0.104. The molecule has 100 valence electrons. The van der Waals surface area contributed by atoms with E-state index in [0.717, 1.165) is 0 Å².